The first-order valence-electron chi connectivity index (χ1n) is 11.5. The summed E-state index contributed by atoms with van der Waals surface area (Å²) in [5, 5.41) is 15.0. The lowest BCUT2D eigenvalue weighted by Gasteiger charge is -2.21. The first kappa shape index (κ1) is 22.8. The van der Waals surface area contributed by atoms with Gasteiger partial charge in [-0.3, -0.25) is 14.9 Å². The highest BCUT2D eigenvalue weighted by Gasteiger charge is 2.29. The lowest BCUT2D eigenvalue weighted by Crippen LogP contribution is -2.39. The zero-order valence-corrected chi connectivity index (χ0v) is 18.6. The molecule has 2 saturated heterocycles. The number of imide groups is 1. The van der Waals surface area contributed by atoms with Gasteiger partial charge in [-0.25, -0.2) is 0 Å². The van der Waals surface area contributed by atoms with Crippen LogP contribution in [0.1, 0.15) is 48.6 Å². The molecule has 0 saturated carbocycles. The summed E-state index contributed by atoms with van der Waals surface area (Å²) in [5.41, 5.74) is 2.05. The van der Waals surface area contributed by atoms with Gasteiger partial charge in [0.05, 0.1) is 31.1 Å². The number of benzene rings is 2. The number of carbonyl (C=O) groups is 2. The molecule has 4 rings (SSSR count). The Labute approximate surface area is 194 Å². The largest absolute Gasteiger partial charge is 0.494 e. The maximum Gasteiger partial charge on any atom is 0.234 e. The fourth-order valence-corrected chi connectivity index (χ4v) is 4.39. The van der Waals surface area contributed by atoms with Gasteiger partial charge in [0.2, 0.25) is 11.8 Å². The van der Waals surface area contributed by atoms with Gasteiger partial charge in [0.15, 0.2) is 0 Å². The molecule has 172 valence electrons. The minimum absolute atomic E-state index is 0.00971. The Morgan fingerprint density at radius 1 is 0.939 bits per heavy atom. The number of unbranched alkanes of at least 4 members (excludes halogenated alkanes) is 1. The average Bonchev–Trinajstić information content (AvgIpc) is 3.31. The molecule has 0 aliphatic carbocycles. The molecule has 2 amide bonds. The highest BCUT2D eigenvalue weighted by Crippen LogP contribution is 2.30. The summed E-state index contributed by atoms with van der Waals surface area (Å²) >= 11 is 0. The number of nitriles is 1. The molecule has 2 aromatic rings. The third-order valence-corrected chi connectivity index (χ3v) is 6.26. The van der Waals surface area contributed by atoms with E-state index in [4.69, 9.17) is 9.47 Å². The molecule has 2 N–H and O–H groups in total. The van der Waals surface area contributed by atoms with Crippen LogP contribution in [0.2, 0.25) is 0 Å². The number of rotatable bonds is 9. The summed E-state index contributed by atoms with van der Waals surface area (Å²) in [6.45, 7) is 2.75. The third kappa shape index (κ3) is 5.91. The summed E-state index contributed by atoms with van der Waals surface area (Å²) < 4.78 is 11.7. The second-order valence-corrected chi connectivity index (χ2v) is 8.55. The van der Waals surface area contributed by atoms with Crippen LogP contribution in [-0.4, -0.2) is 38.1 Å². The Morgan fingerprint density at radius 2 is 1.70 bits per heavy atom. The highest BCUT2D eigenvalue weighted by atomic mass is 16.5. The van der Waals surface area contributed by atoms with Gasteiger partial charge in [0, 0.05) is 25.4 Å². The molecule has 7 nitrogen and oxygen atoms in total. The van der Waals surface area contributed by atoms with E-state index in [0.717, 1.165) is 48.6 Å². The molecule has 33 heavy (non-hydrogen) atoms. The quantitative estimate of drug-likeness (QED) is 0.452. The van der Waals surface area contributed by atoms with E-state index in [1.165, 1.54) is 0 Å². The number of amides is 2. The number of nitrogens with zero attached hydrogens (tertiary/aromatic N) is 1. The van der Waals surface area contributed by atoms with Crippen LogP contribution in [0.4, 0.5) is 0 Å². The second kappa shape index (κ2) is 11.0. The minimum atomic E-state index is -0.275. The van der Waals surface area contributed by atoms with Crippen LogP contribution >= 0.6 is 0 Å². The van der Waals surface area contributed by atoms with Crippen LogP contribution in [0.15, 0.2) is 48.5 Å². The molecule has 3 unspecified atom stereocenters. The fraction of sp³-hybridized carbons (Fsp3) is 0.423. The zero-order valence-electron chi connectivity index (χ0n) is 18.6. The van der Waals surface area contributed by atoms with Gasteiger partial charge in [0.1, 0.15) is 11.5 Å². The van der Waals surface area contributed by atoms with Crippen molar-refractivity contribution >= 4 is 11.8 Å². The molecular weight excluding hydrogens is 418 g/mol. The van der Waals surface area contributed by atoms with Crippen LogP contribution in [0.5, 0.6) is 11.5 Å². The first-order chi connectivity index (χ1) is 16.1. The van der Waals surface area contributed by atoms with Crippen LogP contribution in [0.25, 0.3) is 0 Å². The van der Waals surface area contributed by atoms with E-state index in [1.54, 1.807) is 0 Å². The normalized spacial score (nSPS) is 22.5. The van der Waals surface area contributed by atoms with Crippen molar-refractivity contribution in [2.24, 2.45) is 5.92 Å². The summed E-state index contributed by atoms with van der Waals surface area (Å²) in [6, 6.07) is 18.0. The minimum Gasteiger partial charge on any atom is -0.494 e. The number of hydrogen-bond donors (Lipinski definition) is 2. The molecule has 7 heteroatoms. The number of hydrogen-bond acceptors (Lipinski definition) is 6. The molecule has 0 spiro atoms. The standard InChI is InChI=1S/C26H29N3O4/c27-15-20-16-28-17-24(20)19-4-3-5-22(14-19)33-13-2-1-12-32-21-8-6-18(7-9-21)23-10-11-25(30)29-26(23)31/h3-9,14,20,23-24,28H,1-2,10-13,16-17H2,(H,29,30,31). The van der Waals surface area contributed by atoms with Crippen molar-refractivity contribution in [2.45, 2.75) is 37.5 Å². The van der Waals surface area contributed by atoms with Gasteiger partial charge < -0.3 is 14.8 Å². The topological polar surface area (TPSA) is 100 Å². The third-order valence-electron chi connectivity index (χ3n) is 6.26. The van der Waals surface area contributed by atoms with Crippen LogP contribution in [0, 0.1) is 17.2 Å². The zero-order chi connectivity index (χ0) is 23.0. The monoisotopic (exact) mass is 447 g/mol. The van der Waals surface area contributed by atoms with Gasteiger partial charge in [-0.1, -0.05) is 24.3 Å². The maximum absolute atomic E-state index is 12.0. The van der Waals surface area contributed by atoms with Gasteiger partial charge >= 0.3 is 0 Å². The van der Waals surface area contributed by atoms with Crippen molar-refractivity contribution in [3.05, 3.63) is 59.7 Å². The highest BCUT2D eigenvalue weighted by molar-refractivity contribution is 6.00. The lowest BCUT2D eigenvalue weighted by molar-refractivity contribution is -0.134. The van der Waals surface area contributed by atoms with Crippen LogP contribution < -0.4 is 20.1 Å². The molecule has 0 radical (unpaired) electrons. The molecule has 2 aliphatic rings. The lowest BCUT2D eigenvalue weighted by atomic mass is 9.90. The summed E-state index contributed by atoms with van der Waals surface area (Å²) in [5.74, 6) is 1.12. The molecule has 2 aromatic carbocycles. The fourth-order valence-electron chi connectivity index (χ4n) is 4.39. The number of ether oxygens (including phenoxy) is 2. The predicted molar refractivity (Wildman–Crippen MR) is 123 cm³/mol. The number of piperidine rings is 1. The smallest absolute Gasteiger partial charge is 0.234 e. The van der Waals surface area contributed by atoms with E-state index in [1.807, 2.05) is 42.5 Å². The second-order valence-electron chi connectivity index (χ2n) is 8.55. The number of nitrogens with one attached hydrogen (secondary N) is 2. The Morgan fingerprint density at radius 3 is 2.42 bits per heavy atom. The van der Waals surface area contributed by atoms with Crippen molar-refractivity contribution in [3.63, 3.8) is 0 Å². The van der Waals surface area contributed by atoms with E-state index in [0.29, 0.717) is 26.1 Å². The van der Waals surface area contributed by atoms with Crippen molar-refractivity contribution in [1.82, 2.24) is 10.6 Å². The Balaban J connectivity index is 1.16. The molecule has 2 aliphatic heterocycles. The Kier molecular flexibility index (Phi) is 7.59. The average molecular weight is 448 g/mol. The summed E-state index contributed by atoms with van der Waals surface area (Å²) in [4.78, 5) is 23.3. The van der Waals surface area contributed by atoms with Crippen LogP contribution in [-0.2, 0) is 9.59 Å². The molecule has 3 atom stereocenters. The van der Waals surface area contributed by atoms with Gasteiger partial charge in [-0.15, -0.1) is 0 Å². The van der Waals surface area contributed by atoms with E-state index in [2.05, 4.69) is 22.8 Å². The molecule has 0 aromatic heterocycles. The van der Waals surface area contributed by atoms with Gasteiger partial charge in [-0.2, -0.15) is 5.26 Å². The molecule has 2 heterocycles. The summed E-state index contributed by atoms with van der Waals surface area (Å²) in [7, 11) is 0. The van der Waals surface area contributed by atoms with E-state index in [9.17, 15) is 14.9 Å². The van der Waals surface area contributed by atoms with E-state index >= 15 is 0 Å². The maximum atomic E-state index is 12.0. The first-order valence-corrected chi connectivity index (χ1v) is 11.5. The van der Waals surface area contributed by atoms with E-state index < -0.39 is 0 Å². The van der Waals surface area contributed by atoms with Crippen molar-refractivity contribution in [1.29, 1.82) is 5.26 Å². The van der Waals surface area contributed by atoms with Gasteiger partial charge in [0.25, 0.3) is 0 Å². The predicted octanol–water partition coefficient (Wildman–Crippen LogP) is 3.27. The van der Waals surface area contributed by atoms with Crippen molar-refractivity contribution in [3.8, 4) is 17.6 Å². The Hall–Kier alpha value is -3.37. The number of carbonyl (C=O) groups excluding carboxylic acids is 2. The SMILES string of the molecule is N#CC1CNCC1c1cccc(OCCCCOc2ccc(C3CCC(=O)NC3=O)cc2)c1. The van der Waals surface area contributed by atoms with Crippen molar-refractivity contribution < 1.29 is 19.1 Å². The molecule has 2 fully saturated rings. The summed E-state index contributed by atoms with van der Waals surface area (Å²) in [6.07, 6.45) is 2.64. The molecule has 0 bridgehead atoms. The van der Waals surface area contributed by atoms with Gasteiger partial charge in [-0.05, 0) is 54.7 Å². The Bertz CT molecular complexity index is 1010. The van der Waals surface area contributed by atoms with E-state index in [-0.39, 0.29) is 29.6 Å². The van der Waals surface area contributed by atoms with Crippen molar-refractivity contribution in [2.75, 3.05) is 26.3 Å². The van der Waals surface area contributed by atoms with Crippen LogP contribution in [0.3, 0.4) is 0 Å². The molecular formula is C26H29N3O4.